The maximum atomic E-state index is 8.36. The Morgan fingerprint density at radius 2 is 0.769 bits per heavy atom. The molecule has 0 amide bonds. The van der Waals surface area contributed by atoms with Gasteiger partial charge in [-0.1, -0.05) is 0 Å². The summed E-state index contributed by atoms with van der Waals surface area (Å²) in [6, 6.07) is 0. The molecule has 0 aromatic carbocycles. The zero-order valence-corrected chi connectivity index (χ0v) is 8.08. The van der Waals surface area contributed by atoms with Crippen LogP contribution in [0.2, 0.25) is 0 Å². The third-order valence-electron chi connectivity index (χ3n) is 0. The SMILES string of the molecule is O=[N+]([O-])O.O=[N+]([O-])[O-].O=[N+]([O-])[O-].[Sm]. The Bertz CT molecular complexity index is 112. The molecule has 0 saturated heterocycles. The third kappa shape index (κ3) is 774. The molecule has 12 nitrogen and oxygen atoms in total. The summed E-state index contributed by atoms with van der Waals surface area (Å²) in [4.78, 5) is 24.9. The fraction of sp³-hybridized carbons (Fsp3) is 0. The van der Waals surface area contributed by atoms with E-state index in [0.717, 1.165) is 0 Å². The van der Waals surface area contributed by atoms with Gasteiger partial charge < -0.3 is 35.9 Å². The van der Waals surface area contributed by atoms with Crippen LogP contribution in [-0.4, -0.2) is 20.5 Å². The van der Waals surface area contributed by atoms with Crippen molar-refractivity contribution < 1.29 is 60.9 Å². The van der Waals surface area contributed by atoms with Crippen molar-refractivity contribution in [2.24, 2.45) is 0 Å². The predicted octanol–water partition coefficient (Wildman–Crippen LogP) is -0.826. The molecule has 0 spiro atoms. The Morgan fingerprint density at radius 1 is 0.769 bits per heavy atom. The number of nitrogens with zero attached hydrogens (tertiary/aromatic N) is 3. The maximum absolute atomic E-state index is 8.36. The van der Waals surface area contributed by atoms with E-state index >= 15 is 0 Å². The van der Waals surface area contributed by atoms with Crippen molar-refractivity contribution in [3.8, 4) is 0 Å². The van der Waals surface area contributed by atoms with Gasteiger partial charge in [-0.25, -0.2) is 0 Å². The topological polar surface area (TPSA) is 196 Å². The number of hydrogen-bond donors (Lipinski definition) is 1. The van der Waals surface area contributed by atoms with Crippen LogP contribution in [0.4, 0.5) is 0 Å². The molecule has 0 radical (unpaired) electrons. The molecule has 0 aliphatic heterocycles. The van der Waals surface area contributed by atoms with E-state index in [0.29, 0.717) is 0 Å². The van der Waals surface area contributed by atoms with E-state index in [1.54, 1.807) is 0 Å². The molecule has 0 heterocycles. The Morgan fingerprint density at radius 3 is 0.769 bits per heavy atom. The van der Waals surface area contributed by atoms with Crippen molar-refractivity contribution in [3.63, 3.8) is 0 Å². The summed E-state index contributed by atoms with van der Waals surface area (Å²) in [5.74, 6) is 0. The molecule has 0 bridgehead atoms. The van der Waals surface area contributed by atoms with Gasteiger partial charge in [0.05, 0.1) is 10.2 Å². The van der Waals surface area contributed by atoms with Gasteiger partial charge in [0.25, 0.3) is 5.09 Å². The first-order valence-electron chi connectivity index (χ1n) is 1.66. The summed E-state index contributed by atoms with van der Waals surface area (Å²) in [5.41, 5.74) is 0. The molecular formula is HN3O9Sm-2. The summed E-state index contributed by atoms with van der Waals surface area (Å²) in [7, 11) is 0. The number of rotatable bonds is 0. The van der Waals surface area contributed by atoms with E-state index in [-0.39, 0.29) is 40.4 Å². The summed E-state index contributed by atoms with van der Waals surface area (Å²) in [6.07, 6.45) is 0. The van der Waals surface area contributed by atoms with Crippen molar-refractivity contribution in [3.05, 3.63) is 40.8 Å². The molecule has 0 aromatic rings. The van der Waals surface area contributed by atoms with Gasteiger partial charge in [-0.15, -0.1) is 10.1 Å². The van der Waals surface area contributed by atoms with Crippen LogP contribution in [-0.2, 0) is 0 Å². The summed E-state index contributed by atoms with van der Waals surface area (Å²) < 4.78 is 0. The second kappa shape index (κ2) is 17.1. The van der Waals surface area contributed by atoms with Gasteiger partial charge in [0.2, 0.25) is 0 Å². The fourth-order valence-electron chi connectivity index (χ4n) is 0. The molecule has 13 heavy (non-hydrogen) atoms. The normalized spacial score (nSPS) is 5.54. The minimum atomic E-state index is -1.75. The Hall–Kier alpha value is -1.06. The first-order chi connectivity index (χ1) is 5.20. The minimum Gasteiger partial charge on any atom is -0.356 e. The van der Waals surface area contributed by atoms with Crippen molar-refractivity contribution in [1.29, 1.82) is 0 Å². The summed E-state index contributed by atoms with van der Waals surface area (Å²) >= 11 is 0. The van der Waals surface area contributed by atoms with Crippen LogP contribution in [0.25, 0.3) is 0 Å². The molecule has 0 atom stereocenters. The van der Waals surface area contributed by atoms with Gasteiger partial charge in [-0.05, 0) is 0 Å². The van der Waals surface area contributed by atoms with Gasteiger partial charge in [0.1, 0.15) is 0 Å². The van der Waals surface area contributed by atoms with Crippen LogP contribution in [0.1, 0.15) is 0 Å². The molecule has 0 aromatic heterocycles. The number of hydrogen-bond acceptors (Lipinski definition) is 8. The Balaban J connectivity index is -0.0000000450. The van der Waals surface area contributed by atoms with E-state index < -0.39 is 15.3 Å². The molecule has 0 fully saturated rings. The van der Waals surface area contributed by atoms with Crippen molar-refractivity contribution in [2.75, 3.05) is 0 Å². The standard InChI is InChI=1S/HNO3.2NO3.Sm/c3*2-1(3)4;/h(H,2,3,4);;;/q;2*-1;. The van der Waals surface area contributed by atoms with E-state index in [1.807, 2.05) is 0 Å². The third-order valence-corrected chi connectivity index (χ3v) is 0. The fourth-order valence-corrected chi connectivity index (χ4v) is 0. The Labute approximate surface area is 101 Å². The van der Waals surface area contributed by atoms with Gasteiger partial charge in [0, 0.05) is 40.4 Å². The average Bonchev–Trinajstić information content (AvgIpc) is 1.54. The van der Waals surface area contributed by atoms with Gasteiger partial charge in [-0.2, -0.15) is 0 Å². The first kappa shape index (κ1) is 22.7. The molecular weight excluding hydrogens is 336 g/mol. The molecule has 13 heteroatoms. The van der Waals surface area contributed by atoms with Crippen LogP contribution >= 0.6 is 0 Å². The monoisotopic (exact) mass is 339 g/mol. The predicted molar refractivity (Wildman–Crippen MR) is 29.5 cm³/mol. The van der Waals surface area contributed by atoms with Gasteiger partial charge in [-0.3, -0.25) is 0 Å². The zero-order valence-electron chi connectivity index (χ0n) is 5.46. The van der Waals surface area contributed by atoms with Crippen molar-refractivity contribution in [2.45, 2.75) is 0 Å². The van der Waals surface area contributed by atoms with Crippen LogP contribution in [0, 0.1) is 81.1 Å². The van der Waals surface area contributed by atoms with E-state index in [4.69, 9.17) is 46.0 Å². The van der Waals surface area contributed by atoms with Crippen molar-refractivity contribution in [1.82, 2.24) is 0 Å². The van der Waals surface area contributed by atoms with Crippen LogP contribution in [0.5, 0.6) is 0 Å². The maximum Gasteiger partial charge on any atom is 0.291 e. The minimum absolute atomic E-state index is 0. The van der Waals surface area contributed by atoms with Crippen molar-refractivity contribution >= 4 is 0 Å². The molecule has 78 valence electrons. The van der Waals surface area contributed by atoms with Gasteiger partial charge >= 0.3 is 0 Å². The molecule has 0 unspecified atom stereocenters. The zero-order chi connectivity index (χ0) is 10.7. The van der Waals surface area contributed by atoms with Crippen LogP contribution in [0.3, 0.4) is 0 Å². The second-order valence-electron chi connectivity index (χ2n) is 0.685. The van der Waals surface area contributed by atoms with Crippen LogP contribution in [0.15, 0.2) is 0 Å². The summed E-state index contributed by atoms with van der Waals surface area (Å²) in [6.45, 7) is 0. The molecule has 1 N–H and O–H groups in total. The molecule has 0 saturated carbocycles. The first-order valence-corrected chi connectivity index (χ1v) is 1.66. The quantitative estimate of drug-likeness (QED) is 0.433. The van der Waals surface area contributed by atoms with E-state index in [2.05, 4.69) is 0 Å². The molecule has 0 aliphatic carbocycles. The summed E-state index contributed by atoms with van der Waals surface area (Å²) in [5, 5.41) is 43.1. The largest absolute Gasteiger partial charge is 0.356 e. The van der Waals surface area contributed by atoms with Gasteiger partial charge in [0.15, 0.2) is 0 Å². The van der Waals surface area contributed by atoms with Crippen LogP contribution < -0.4 is 0 Å². The average molecular weight is 337 g/mol. The molecule has 0 rings (SSSR count). The second-order valence-corrected chi connectivity index (χ2v) is 0.685. The Kier molecular flexibility index (Phi) is 29.9. The molecule has 0 aliphatic rings. The van der Waals surface area contributed by atoms with E-state index in [9.17, 15) is 0 Å². The smallest absolute Gasteiger partial charge is 0.291 e. The van der Waals surface area contributed by atoms with E-state index in [1.165, 1.54) is 0 Å².